The Balaban J connectivity index is 2.09. The lowest BCUT2D eigenvalue weighted by Gasteiger charge is -2.24. The third kappa shape index (κ3) is 5.51. The first-order chi connectivity index (χ1) is 11.5. The molecule has 0 aromatic carbocycles. The molecule has 1 amide bonds. The number of carboxylic acids is 1. The van der Waals surface area contributed by atoms with E-state index in [0.29, 0.717) is 18.0 Å². The van der Waals surface area contributed by atoms with Gasteiger partial charge in [0, 0.05) is 24.4 Å². The van der Waals surface area contributed by atoms with Crippen LogP contribution in [0.4, 0.5) is 0 Å². The van der Waals surface area contributed by atoms with E-state index >= 15 is 0 Å². The standard InChI is InChI=1S/C18H26N2O4/c1-13(2)11-20(12-17(21)22)18(23)14-8-9-19-16(10-14)24-15-6-4-3-5-7-15/h8-10,13,15H,3-7,11-12H2,1-2H3,(H,21,22). The molecule has 1 heterocycles. The Morgan fingerprint density at radius 3 is 2.67 bits per heavy atom. The number of pyridine rings is 1. The first-order valence-corrected chi connectivity index (χ1v) is 8.59. The number of ether oxygens (including phenoxy) is 1. The molecule has 0 radical (unpaired) electrons. The molecule has 1 fully saturated rings. The molecular formula is C18H26N2O4. The van der Waals surface area contributed by atoms with E-state index in [1.165, 1.54) is 11.3 Å². The van der Waals surface area contributed by atoms with Crippen molar-refractivity contribution in [3.63, 3.8) is 0 Å². The van der Waals surface area contributed by atoms with Crippen molar-refractivity contribution >= 4 is 11.9 Å². The molecule has 132 valence electrons. The summed E-state index contributed by atoms with van der Waals surface area (Å²) in [5, 5.41) is 9.03. The number of hydrogen-bond donors (Lipinski definition) is 1. The van der Waals surface area contributed by atoms with Crippen LogP contribution in [0, 0.1) is 5.92 Å². The van der Waals surface area contributed by atoms with Gasteiger partial charge in [-0.25, -0.2) is 4.98 Å². The zero-order valence-corrected chi connectivity index (χ0v) is 14.4. The van der Waals surface area contributed by atoms with Crippen LogP contribution in [-0.4, -0.2) is 46.1 Å². The number of carbonyl (C=O) groups excluding carboxylic acids is 1. The second-order valence-corrected chi connectivity index (χ2v) is 6.73. The summed E-state index contributed by atoms with van der Waals surface area (Å²) in [5.41, 5.74) is 0.415. The van der Waals surface area contributed by atoms with Crippen LogP contribution < -0.4 is 4.74 Å². The molecule has 1 N–H and O–H groups in total. The number of amides is 1. The summed E-state index contributed by atoms with van der Waals surface area (Å²) in [6, 6.07) is 3.22. The molecule has 6 heteroatoms. The smallest absolute Gasteiger partial charge is 0.323 e. The van der Waals surface area contributed by atoms with E-state index < -0.39 is 5.97 Å². The molecular weight excluding hydrogens is 308 g/mol. The average molecular weight is 334 g/mol. The minimum Gasteiger partial charge on any atom is -0.480 e. The molecule has 0 unspecified atom stereocenters. The Bertz CT molecular complexity index is 568. The summed E-state index contributed by atoms with van der Waals surface area (Å²) in [6.07, 6.45) is 7.28. The number of nitrogens with zero attached hydrogens (tertiary/aromatic N) is 2. The van der Waals surface area contributed by atoms with Gasteiger partial charge in [0.1, 0.15) is 12.6 Å². The van der Waals surface area contributed by atoms with E-state index in [-0.39, 0.29) is 24.5 Å². The van der Waals surface area contributed by atoms with E-state index in [1.807, 2.05) is 13.8 Å². The summed E-state index contributed by atoms with van der Waals surface area (Å²) in [4.78, 5) is 29.2. The van der Waals surface area contributed by atoms with Gasteiger partial charge in [-0.15, -0.1) is 0 Å². The molecule has 6 nitrogen and oxygen atoms in total. The van der Waals surface area contributed by atoms with Gasteiger partial charge in [0.2, 0.25) is 5.88 Å². The minimum atomic E-state index is -1.02. The van der Waals surface area contributed by atoms with Gasteiger partial charge in [-0.2, -0.15) is 0 Å². The summed E-state index contributed by atoms with van der Waals surface area (Å²) >= 11 is 0. The zero-order chi connectivity index (χ0) is 17.5. The SMILES string of the molecule is CC(C)CN(CC(=O)O)C(=O)c1ccnc(OC2CCCCC2)c1. The number of carbonyl (C=O) groups is 2. The number of aromatic nitrogens is 1. The fourth-order valence-corrected chi connectivity index (χ4v) is 2.97. The molecule has 0 saturated heterocycles. The first-order valence-electron chi connectivity index (χ1n) is 8.59. The average Bonchev–Trinajstić information content (AvgIpc) is 2.54. The van der Waals surface area contributed by atoms with Crippen LogP contribution in [0.1, 0.15) is 56.3 Å². The van der Waals surface area contributed by atoms with Gasteiger partial charge in [-0.1, -0.05) is 20.3 Å². The van der Waals surface area contributed by atoms with Crippen LogP contribution in [-0.2, 0) is 4.79 Å². The van der Waals surface area contributed by atoms with Crippen molar-refractivity contribution in [3.8, 4) is 5.88 Å². The van der Waals surface area contributed by atoms with Crippen molar-refractivity contribution in [2.24, 2.45) is 5.92 Å². The molecule has 0 spiro atoms. The molecule has 1 aliphatic carbocycles. The van der Waals surface area contributed by atoms with E-state index in [1.54, 1.807) is 18.3 Å². The second-order valence-electron chi connectivity index (χ2n) is 6.73. The molecule has 1 saturated carbocycles. The predicted molar refractivity (Wildman–Crippen MR) is 90.1 cm³/mol. The Hall–Kier alpha value is -2.11. The van der Waals surface area contributed by atoms with Crippen molar-refractivity contribution in [2.45, 2.75) is 52.1 Å². The normalized spacial score (nSPS) is 15.3. The highest BCUT2D eigenvalue weighted by Gasteiger charge is 2.21. The van der Waals surface area contributed by atoms with Crippen LogP contribution in [0.25, 0.3) is 0 Å². The Morgan fingerprint density at radius 1 is 1.33 bits per heavy atom. The first kappa shape index (κ1) is 18.2. The summed E-state index contributed by atoms with van der Waals surface area (Å²) < 4.78 is 5.89. The molecule has 24 heavy (non-hydrogen) atoms. The largest absolute Gasteiger partial charge is 0.480 e. The number of rotatable bonds is 7. The van der Waals surface area contributed by atoms with Crippen LogP contribution in [0.5, 0.6) is 5.88 Å². The van der Waals surface area contributed by atoms with Crippen LogP contribution in [0.15, 0.2) is 18.3 Å². The van der Waals surface area contributed by atoms with Crippen LogP contribution >= 0.6 is 0 Å². The van der Waals surface area contributed by atoms with E-state index in [9.17, 15) is 9.59 Å². The van der Waals surface area contributed by atoms with Crippen LogP contribution in [0.2, 0.25) is 0 Å². The van der Waals surface area contributed by atoms with Gasteiger partial charge >= 0.3 is 5.97 Å². The highest BCUT2D eigenvalue weighted by atomic mass is 16.5. The number of hydrogen-bond acceptors (Lipinski definition) is 4. The third-order valence-corrected chi connectivity index (χ3v) is 4.02. The molecule has 1 aromatic rings. The van der Waals surface area contributed by atoms with Gasteiger partial charge < -0.3 is 14.7 Å². The van der Waals surface area contributed by atoms with E-state index in [4.69, 9.17) is 9.84 Å². The molecule has 1 aliphatic rings. The molecule has 0 aliphatic heterocycles. The Morgan fingerprint density at radius 2 is 2.04 bits per heavy atom. The van der Waals surface area contributed by atoms with Gasteiger partial charge in [0.25, 0.3) is 5.91 Å². The summed E-state index contributed by atoms with van der Waals surface area (Å²) in [5.74, 6) is -0.695. The molecule has 1 aromatic heterocycles. The van der Waals surface area contributed by atoms with Crippen molar-refractivity contribution in [3.05, 3.63) is 23.9 Å². The monoisotopic (exact) mass is 334 g/mol. The molecule has 0 atom stereocenters. The summed E-state index contributed by atoms with van der Waals surface area (Å²) in [6.45, 7) is 3.99. The van der Waals surface area contributed by atoms with E-state index in [0.717, 1.165) is 25.7 Å². The van der Waals surface area contributed by atoms with Crippen molar-refractivity contribution in [1.82, 2.24) is 9.88 Å². The lowest BCUT2D eigenvalue weighted by Crippen LogP contribution is -2.38. The number of carboxylic acid groups (broad SMARTS) is 1. The van der Waals surface area contributed by atoms with Crippen LogP contribution in [0.3, 0.4) is 0 Å². The minimum absolute atomic E-state index is 0.155. The topological polar surface area (TPSA) is 79.7 Å². The zero-order valence-electron chi connectivity index (χ0n) is 14.4. The van der Waals surface area contributed by atoms with E-state index in [2.05, 4.69) is 4.98 Å². The predicted octanol–water partition coefficient (Wildman–Crippen LogP) is 2.98. The lowest BCUT2D eigenvalue weighted by molar-refractivity contribution is -0.137. The van der Waals surface area contributed by atoms with Crippen molar-refractivity contribution < 1.29 is 19.4 Å². The Kier molecular flexibility index (Phi) is 6.58. The van der Waals surface area contributed by atoms with Crippen molar-refractivity contribution in [1.29, 1.82) is 0 Å². The maximum atomic E-state index is 12.6. The van der Waals surface area contributed by atoms with Gasteiger partial charge in [0.15, 0.2) is 0 Å². The lowest BCUT2D eigenvalue weighted by atomic mass is 9.98. The van der Waals surface area contributed by atoms with Gasteiger partial charge in [0.05, 0.1) is 0 Å². The second kappa shape index (κ2) is 8.66. The molecule has 2 rings (SSSR count). The Labute approximate surface area is 142 Å². The maximum Gasteiger partial charge on any atom is 0.323 e. The highest BCUT2D eigenvalue weighted by molar-refractivity contribution is 5.96. The fourth-order valence-electron chi connectivity index (χ4n) is 2.97. The van der Waals surface area contributed by atoms with Crippen molar-refractivity contribution in [2.75, 3.05) is 13.1 Å². The highest BCUT2D eigenvalue weighted by Crippen LogP contribution is 2.23. The summed E-state index contributed by atoms with van der Waals surface area (Å²) in [7, 11) is 0. The fraction of sp³-hybridized carbons (Fsp3) is 0.611. The van der Waals surface area contributed by atoms with Gasteiger partial charge in [-0.05, 0) is 37.7 Å². The van der Waals surface area contributed by atoms with Gasteiger partial charge in [-0.3, -0.25) is 9.59 Å². The molecule has 0 bridgehead atoms. The maximum absolute atomic E-state index is 12.6. The third-order valence-electron chi connectivity index (χ3n) is 4.02. The quantitative estimate of drug-likeness (QED) is 0.829. The number of aliphatic carboxylic acids is 1.